The van der Waals surface area contributed by atoms with Crippen LogP contribution in [0.15, 0.2) is 24.3 Å². The van der Waals surface area contributed by atoms with Crippen LogP contribution in [0.25, 0.3) is 0 Å². The zero-order valence-electron chi connectivity index (χ0n) is 11.1. The lowest BCUT2D eigenvalue weighted by Crippen LogP contribution is -2.36. The molecule has 100 valence electrons. The molecule has 2 unspecified atom stereocenters. The van der Waals surface area contributed by atoms with Crippen LogP contribution in [0, 0.1) is 0 Å². The van der Waals surface area contributed by atoms with E-state index in [1.807, 2.05) is 25.1 Å². The van der Waals surface area contributed by atoms with Gasteiger partial charge in [-0.25, -0.2) is 4.79 Å². The monoisotopic (exact) mass is 269 g/mol. The molecule has 0 aromatic heterocycles. The Bertz CT molecular complexity index is 395. The topological polar surface area (TPSA) is 38.3 Å². The smallest absolute Gasteiger partial charge is 0.327 e. The van der Waals surface area contributed by atoms with Crippen molar-refractivity contribution < 1.29 is 9.53 Å². The number of hydrogen-bond acceptors (Lipinski definition) is 3. The number of esters is 1. The van der Waals surface area contributed by atoms with Gasteiger partial charge in [0.15, 0.2) is 0 Å². The van der Waals surface area contributed by atoms with Crippen molar-refractivity contribution in [3.05, 3.63) is 34.9 Å². The van der Waals surface area contributed by atoms with Crippen LogP contribution in [0.2, 0.25) is 5.02 Å². The lowest BCUT2D eigenvalue weighted by molar-refractivity contribution is -0.146. The number of carbonyl (C=O) groups excluding carboxylic acids is 1. The van der Waals surface area contributed by atoms with Crippen LogP contribution in [0.3, 0.4) is 0 Å². The first kappa shape index (κ1) is 15.0. The summed E-state index contributed by atoms with van der Waals surface area (Å²) in [6.07, 6.45) is 0.931. The van der Waals surface area contributed by atoms with E-state index in [0.717, 1.165) is 12.0 Å². The third-order valence-corrected chi connectivity index (χ3v) is 3.15. The van der Waals surface area contributed by atoms with Crippen LogP contribution in [0.4, 0.5) is 0 Å². The predicted molar refractivity (Wildman–Crippen MR) is 73.7 cm³/mol. The Balaban J connectivity index is 2.96. The summed E-state index contributed by atoms with van der Waals surface area (Å²) in [5, 5.41) is 3.82. The molecule has 0 saturated carbocycles. The van der Waals surface area contributed by atoms with Crippen molar-refractivity contribution in [2.24, 2.45) is 0 Å². The Labute approximate surface area is 113 Å². The Hall–Kier alpha value is -1.06. The van der Waals surface area contributed by atoms with Crippen molar-refractivity contribution in [1.82, 2.24) is 5.32 Å². The highest BCUT2D eigenvalue weighted by Gasteiger charge is 2.24. The molecule has 0 radical (unpaired) electrons. The lowest BCUT2D eigenvalue weighted by atomic mass is 10.1. The third-order valence-electron chi connectivity index (χ3n) is 2.80. The Kier molecular flexibility index (Phi) is 6.16. The maximum atomic E-state index is 12.0. The maximum absolute atomic E-state index is 12.0. The highest BCUT2D eigenvalue weighted by molar-refractivity contribution is 6.31. The summed E-state index contributed by atoms with van der Waals surface area (Å²) in [7, 11) is 0. The van der Waals surface area contributed by atoms with E-state index in [9.17, 15) is 4.79 Å². The first-order chi connectivity index (χ1) is 8.60. The van der Waals surface area contributed by atoms with Crippen molar-refractivity contribution in [3.63, 3.8) is 0 Å². The van der Waals surface area contributed by atoms with Crippen LogP contribution in [-0.4, -0.2) is 18.6 Å². The molecular weight excluding hydrogens is 250 g/mol. The molecule has 0 aliphatic carbocycles. The Morgan fingerprint density at radius 2 is 2.06 bits per heavy atom. The minimum atomic E-state index is -0.506. The normalized spacial score (nSPS) is 14.0. The van der Waals surface area contributed by atoms with Gasteiger partial charge in [0.2, 0.25) is 0 Å². The number of rotatable bonds is 6. The van der Waals surface area contributed by atoms with Crippen molar-refractivity contribution in [2.75, 3.05) is 6.61 Å². The van der Waals surface area contributed by atoms with Gasteiger partial charge in [0.25, 0.3) is 0 Å². The summed E-state index contributed by atoms with van der Waals surface area (Å²) >= 11 is 6.14. The summed E-state index contributed by atoms with van der Waals surface area (Å²) in [6.45, 7) is 6.25. The fourth-order valence-electron chi connectivity index (χ4n) is 1.62. The molecule has 1 N–H and O–H groups in total. The van der Waals surface area contributed by atoms with E-state index in [0.29, 0.717) is 11.6 Å². The molecule has 18 heavy (non-hydrogen) atoms. The molecule has 0 bridgehead atoms. The molecule has 0 heterocycles. The van der Waals surface area contributed by atoms with Gasteiger partial charge in [-0.15, -0.1) is 0 Å². The zero-order chi connectivity index (χ0) is 13.5. The highest BCUT2D eigenvalue weighted by atomic mass is 35.5. The van der Waals surface area contributed by atoms with Crippen molar-refractivity contribution >= 4 is 17.6 Å². The van der Waals surface area contributed by atoms with Crippen molar-refractivity contribution in [3.8, 4) is 0 Å². The van der Waals surface area contributed by atoms with Gasteiger partial charge in [-0.05, 0) is 31.9 Å². The molecule has 0 aliphatic rings. The van der Waals surface area contributed by atoms with Gasteiger partial charge < -0.3 is 4.74 Å². The molecule has 0 spiro atoms. The van der Waals surface area contributed by atoms with E-state index in [2.05, 4.69) is 12.2 Å². The molecule has 1 aromatic carbocycles. The van der Waals surface area contributed by atoms with Crippen LogP contribution >= 0.6 is 11.6 Å². The van der Waals surface area contributed by atoms with Crippen molar-refractivity contribution in [1.29, 1.82) is 0 Å². The largest absolute Gasteiger partial charge is 0.465 e. The third kappa shape index (κ3) is 4.00. The highest BCUT2D eigenvalue weighted by Crippen LogP contribution is 2.24. The summed E-state index contributed by atoms with van der Waals surface area (Å²) in [5.74, 6) is -0.286. The summed E-state index contributed by atoms with van der Waals surface area (Å²) in [5.41, 5.74) is 0.762. The SMILES string of the molecule is CCOC(=O)C(NC(C)CC)c1ccccc1Cl. The van der Waals surface area contributed by atoms with Gasteiger partial charge in [-0.1, -0.05) is 36.7 Å². The van der Waals surface area contributed by atoms with Gasteiger partial charge in [0.05, 0.1) is 6.61 Å². The number of hydrogen-bond donors (Lipinski definition) is 1. The van der Waals surface area contributed by atoms with Crippen LogP contribution < -0.4 is 5.32 Å². The van der Waals surface area contributed by atoms with Crippen molar-refractivity contribution in [2.45, 2.75) is 39.3 Å². The number of halogens is 1. The molecule has 0 aliphatic heterocycles. The van der Waals surface area contributed by atoms with E-state index in [1.165, 1.54) is 0 Å². The van der Waals surface area contributed by atoms with Crippen LogP contribution in [0.5, 0.6) is 0 Å². The average Bonchev–Trinajstić information content (AvgIpc) is 2.37. The van der Waals surface area contributed by atoms with Gasteiger partial charge in [-0.3, -0.25) is 5.32 Å². The van der Waals surface area contributed by atoms with E-state index >= 15 is 0 Å². The second kappa shape index (κ2) is 7.39. The lowest BCUT2D eigenvalue weighted by Gasteiger charge is -2.22. The van der Waals surface area contributed by atoms with E-state index in [-0.39, 0.29) is 12.0 Å². The molecule has 0 fully saturated rings. The standard InChI is InChI=1S/C14H20ClNO2/c1-4-10(3)16-13(14(17)18-5-2)11-8-6-7-9-12(11)15/h6-10,13,16H,4-5H2,1-3H3. The molecular formula is C14H20ClNO2. The number of nitrogens with one attached hydrogen (secondary N) is 1. The van der Waals surface area contributed by atoms with Gasteiger partial charge in [0, 0.05) is 11.1 Å². The zero-order valence-corrected chi connectivity index (χ0v) is 11.8. The molecule has 0 saturated heterocycles. The van der Waals surface area contributed by atoms with Gasteiger partial charge in [-0.2, -0.15) is 0 Å². The van der Waals surface area contributed by atoms with E-state index in [4.69, 9.17) is 16.3 Å². The Morgan fingerprint density at radius 1 is 1.39 bits per heavy atom. The van der Waals surface area contributed by atoms with Crippen LogP contribution in [-0.2, 0) is 9.53 Å². The first-order valence-corrected chi connectivity index (χ1v) is 6.65. The summed E-state index contributed by atoms with van der Waals surface area (Å²) in [6, 6.07) is 7.05. The minimum Gasteiger partial charge on any atom is -0.465 e. The number of ether oxygens (including phenoxy) is 1. The fraction of sp³-hybridized carbons (Fsp3) is 0.500. The molecule has 1 rings (SSSR count). The van der Waals surface area contributed by atoms with Gasteiger partial charge in [0.1, 0.15) is 6.04 Å². The number of benzene rings is 1. The molecule has 2 atom stereocenters. The van der Waals surface area contributed by atoms with E-state index < -0.39 is 6.04 Å². The van der Waals surface area contributed by atoms with Gasteiger partial charge >= 0.3 is 5.97 Å². The van der Waals surface area contributed by atoms with Crippen LogP contribution in [0.1, 0.15) is 38.8 Å². The Morgan fingerprint density at radius 3 is 2.61 bits per heavy atom. The quantitative estimate of drug-likeness (QED) is 0.805. The average molecular weight is 270 g/mol. The fourth-order valence-corrected chi connectivity index (χ4v) is 1.87. The number of carbonyl (C=O) groups is 1. The first-order valence-electron chi connectivity index (χ1n) is 6.27. The maximum Gasteiger partial charge on any atom is 0.327 e. The molecule has 4 heteroatoms. The van der Waals surface area contributed by atoms with E-state index in [1.54, 1.807) is 13.0 Å². The molecule has 0 amide bonds. The summed E-state index contributed by atoms with van der Waals surface area (Å²) < 4.78 is 5.10. The summed E-state index contributed by atoms with van der Waals surface area (Å²) in [4.78, 5) is 12.0. The minimum absolute atomic E-state index is 0.218. The second-order valence-electron chi connectivity index (χ2n) is 4.18. The second-order valence-corrected chi connectivity index (χ2v) is 4.59. The predicted octanol–water partition coefficient (Wildman–Crippen LogP) is 3.33. The molecule has 1 aromatic rings. The molecule has 3 nitrogen and oxygen atoms in total.